The van der Waals surface area contributed by atoms with Gasteiger partial charge in [-0.1, -0.05) is 24.3 Å². The zero-order valence-corrected chi connectivity index (χ0v) is 15.3. The second-order valence-electron chi connectivity index (χ2n) is 5.31. The maximum Gasteiger partial charge on any atom is 0.338 e. The molecule has 0 unspecified atom stereocenters. The van der Waals surface area contributed by atoms with Gasteiger partial charge in [0.15, 0.2) is 6.61 Å². The Kier molecular flexibility index (Phi) is 6.30. The lowest BCUT2D eigenvalue weighted by Gasteiger charge is -2.10. The molecule has 7 heteroatoms. The maximum atomic E-state index is 12.0. The van der Waals surface area contributed by atoms with Crippen LogP contribution in [0.4, 0.5) is 0 Å². The third-order valence-electron chi connectivity index (χ3n) is 3.59. The van der Waals surface area contributed by atoms with Crippen LogP contribution >= 0.6 is 15.9 Å². The Balaban J connectivity index is 1.85. The Bertz CT molecular complexity index is 820. The Morgan fingerprint density at radius 2 is 1.64 bits per heavy atom. The van der Waals surface area contributed by atoms with E-state index in [0.717, 1.165) is 11.1 Å². The van der Waals surface area contributed by atoms with Gasteiger partial charge >= 0.3 is 5.97 Å². The lowest BCUT2D eigenvalue weighted by atomic mass is 10.0. The lowest BCUT2D eigenvalue weighted by Crippen LogP contribution is -2.43. The van der Waals surface area contributed by atoms with Crippen LogP contribution in [0.3, 0.4) is 0 Å². The van der Waals surface area contributed by atoms with Crippen molar-refractivity contribution in [1.29, 1.82) is 0 Å². The number of halogens is 1. The van der Waals surface area contributed by atoms with Crippen LogP contribution in [0.1, 0.15) is 31.8 Å². The number of benzene rings is 2. The average molecular weight is 405 g/mol. The quantitative estimate of drug-likeness (QED) is 0.605. The van der Waals surface area contributed by atoms with Gasteiger partial charge in [-0.3, -0.25) is 20.4 Å². The molecule has 130 valence electrons. The topological polar surface area (TPSA) is 84.5 Å². The van der Waals surface area contributed by atoms with E-state index in [1.807, 2.05) is 19.9 Å². The van der Waals surface area contributed by atoms with Crippen molar-refractivity contribution in [2.75, 3.05) is 6.61 Å². The second-order valence-corrected chi connectivity index (χ2v) is 6.16. The minimum absolute atomic E-state index is 0.371. The summed E-state index contributed by atoms with van der Waals surface area (Å²) in [6, 6.07) is 12.1. The first-order valence-corrected chi connectivity index (χ1v) is 8.26. The van der Waals surface area contributed by atoms with E-state index in [1.165, 1.54) is 0 Å². The first kappa shape index (κ1) is 18.7. The molecule has 0 heterocycles. The van der Waals surface area contributed by atoms with Gasteiger partial charge in [0, 0.05) is 4.47 Å². The number of rotatable bonds is 4. The van der Waals surface area contributed by atoms with Crippen LogP contribution in [0.25, 0.3) is 0 Å². The molecular formula is C18H17BrN2O4. The van der Waals surface area contributed by atoms with E-state index < -0.39 is 24.4 Å². The highest BCUT2D eigenvalue weighted by molar-refractivity contribution is 9.10. The Morgan fingerprint density at radius 3 is 2.36 bits per heavy atom. The third kappa shape index (κ3) is 4.90. The number of hydrazine groups is 1. The molecule has 2 amide bonds. The molecule has 25 heavy (non-hydrogen) atoms. The predicted octanol–water partition coefficient (Wildman–Crippen LogP) is 2.68. The van der Waals surface area contributed by atoms with E-state index in [0.29, 0.717) is 15.6 Å². The molecule has 0 saturated heterocycles. The molecule has 2 rings (SSSR count). The number of nitrogens with one attached hydrogen (secondary N) is 2. The fraction of sp³-hybridized carbons (Fsp3) is 0.167. The largest absolute Gasteiger partial charge is 0.452 e. The van der Waals surface area contributed by atoms with Crippen molar-refractivity contribution in [3.8, 4) is 0 Å². The number of hydrogen-bond donors (Lipinski definition) is 2. The highest BCUT2D eigenvalue weighted by Gasteiger charge is 2.14. The number of amides is 2. The lowest BCUT2D eigenvalue weighted by molar-refractivity contribution is -0.125. The minimum atomic E-state index is -0.640. The van der Waals surface area contributed by atoms with Crippen molar-refractivity contribution in [3.63, 3.8) is 0 Å². The molecule has 0 bridgehead atoms. The summed E-state index contributed by atoms with van der Waals surface area (Å²) < 4.78 is 5.58. The van der Waals surface area contributed by atoms with Crippen molar-refractivity contribution in [2.45, 2.75) is 13.8 Å². The van der Waals surface area contributed by atoms with Gasteiger partial charge in [-0.05, 0) is 59.1 Å². The summed E-state index contributed by atoms with van der Waals surface area (Å²) in [6.07, 6.45) is 0. The molecule has 0 aliphatic carbocycles. The maximum absolute atomic E-state index is 12.0. The van der Waals surface area contributed by atoms with Gasteiger partial charge in [-0.25, -0.2) is 4.79 Å². The number of ether oxygens (including phenoxy) is 1. The molecule has 0 fully saturated rings. The summed E-state index contributed by atoms with van der Waals surface area (Å²) in [5.41, 5.74) is 7.01. The van der Waals surface area contributed by atoms with Crippen LogP contribution in [0.2, 0.25) is 0 Å². The van der Waals surface area contributed by atoms with Crippen LogP contribution in [0.5, 0.6) is 0 Å². The fourth-order valence-electron chi connectivity index (χ4n) is 2.06. The first-order chi connectivity index (χ1) is 11.9. The zero-order valence-electron chi connectivity index (χ0n) is 13.8. The van der Waals surface area contributed by atoms with Gasteiger partial charge in [-0.2, -0.15) is 0 Å². The van der Waals surface area contributed by atoms with Gasteiger partial charge in [0.2, 0.25) is 0 Å². The number of aryl methyl sites for hydroxylation is 1. The number of hydrogen-bond acceptors (Lipinski definition) is 4. The number of carbonyl (C=O) groups excluding carboxylic acids is 3. The van der Waals surface area contributed by atoms with Gasteiger partial charge in [0.1, 0.15) is 0 Å². The van der Waals surface area contributed by atoms with E-state index in [2.05, 4.69) is 26.8 Å². The molecule has 0 aliphatic heterocycles. The van der Waals surface area contributed by atoms with Crippen LogP contribution in [-0.2, 0) is 9.53 Å². The van der Waals surface area contributed by atoms with Crippen molar-refractivity contribution < 1.29 is 19.1 Å². The summed E-state index contributed by atoms with van der Waals surface area (Å²) in [4.78, 5) is 35.7. The van der Waals surface area contributed by atoms with Crippen LogP contribution < -0.4 is 10.9 Å². The van der Waals surface area contributed by atoms with Crippen molar-refractivity contribution in [2.24, 2.45) is 0 Å². The molecule has 0 saturated carbocycles. The van der Waals surface area contributed by atoms with Crippen LogP contribution in [0.15, 0.2) is 46.9 Å². The van der Waals surface area contributed by atoms with Crippen molar-refractivity contribution >= 4 is 33.7 Å². The third-order valence-corrected chi connectivity index (χ3v) is 4.28. The van der Waals surface area contributed by atoms with E-state index in [-0.39, 0.29) is 0 Å². The Hall–Kier alpha value is -2.67. The molecule has 0 spiro atoms. The summed E-state index contributed by atoms with van der Waals surface area (Å²) >= 11 is 3.25. The number of carbonyl (C=O) groups is 3. The van der Waals surface area contributed by atoms with Gasteiger partial charge in [0.05, 0.1) is 11.1 Å². The first-order valence-electron chi connectivity index (χ1n) is 7.47. The van der Waals surface area contributed by atoms with Gasteiger partial charge in [0.25, 0.3) is 11.8 Å². The molecule has 0 radical (unpaired) electrons. The SMILES string of the molecule is Cc1cccc(C(=O)OCC(=O)NNC(=O)c2ccccc2Br)c1C. The summed E-state index contributed by atoms with van der Waals surface area (Å²) in [7, 11) is 0. The predicted molar refractivity (Wildman–Crippen MR) is 95.9 cm³/mol. The monoisotopic (exact) mass is 404 g/mol. The smallest absolute Gasteiger partial charge is 0.338 e. The minimum Gasteiger partial charge on any atom is -0.452 e. The van der Waals surface area contributed by atoms with Gasteiger partial charge < -0.3 is 4.74 Å². The standard InChI is InChI=1S/C18H17BrN2O4/c1-11-6-5-8-13(12(11)2)18(24)25-10-16(22)20-21-17(23)14-7-3-4-9-15(14)19/h3-9H,10H2,1-2H3,(H,20,22)(H,21,23). The zero-order chi connectivity index (χ0) is 18.4. The summed E-state index contributed by atoms with van der Waals surface area (Å²) in [5, 5.41) is 0. The highest BCUT2D eigenvalue weighted by Crippen LogP contribution is 2.15. The summed E-state index contributed by atoms with van der Waals surface area (Å²) in [6.45, 7) is 3.20. The second kappa shape index (κ2) is 8.43. The molecular weight excluding hydrogens is 388 g/mol. The average Bonchev–Trinajstić information content (AvgIpc) is 2.60. The fourth-order valence-corrected chi connectivity index (χ4v) is 2.52. The molecule has 6 nitrogen and oxygen atoms in total. The summed E-state index contributed by atoms with van der Waals surface area (Å²) in [5.74, 6) is -1.71. The normalized spacial score (nSPS) is 10.0. The number of esters is 1. The van der Waals surface area contributed by atoms with Crippen LogP contribution in [0, 0.1) is 13.8 Å². The Morgan fingerprint density at radius 1 is 0.960 bits per heavy atom. The molecule has 0 aliphatic rings. The molecule has 2 aromatic carbocycles. The Labute approximate surface area is 153 Å². The molecule has 2 aromatic rings. The van der Waals surface area contributed by atoms with E-state index in [4.69, 9.17) is 4.74 Å². The molecule has 0 aromatic heterocycles. The molecule has 0 atom stereocenters. The van der Waals surface area contributed by atoms with E-state index in [9.17, 15) is 14.4 Å². The molecule has 2 N–H and O–H groups in total. The van der Waals surface area contributed by atoms with Crippen LogP contribution in [-0.4, -0.2) is 24.4 Å². The van der Waals surface area contributed by atoms with E-state index in [1.54, 1.807) is 36.4 Å². The van der Waals surface area contributed by atoms with Crippen molar-refractivity contribution in [3.05, 3.63) is 69.2 Å². The highest BCUT2D eigenvalue weighted by atomic mass is 79.9. The van der Waals surface area contributed by atoms with Gasteiger partial charge in [-0.15, -0.1) is 0 Å². The van der Waals surface area contributed by atoms with Crippen molar-refractivity contribution in [1.82, 2.24) is 10.9 Å². The van der Waals surface area contributed by atoms with E-state index >= 15 is 0 Å².